The Morgan fingerprint density at radius 2 is 1.68 bits per heavy atom. The molecule has 3 aromatic rings. The van der Waals surface area contributed by atoms with Crippen molar-refractivity contribution in [2.45, 2.75) is 44.4 Å². The molecule has 10 heteroatoms. The summed E-state index contributed by atoms with van der Waals surface area (Å²) in [5.41, 5.74) is 2.08. The largest absolute Gasteiger partial charge is 0.461 e. The lowest BCUT2D eigenvalue weighted by molar-refractivity contribution is -0.145. The van der Waals surface area contributed by atoms with Gasteiger partial charge in [-0.05, 0) is 36.2 Å². The molecule has 4 rings (SSSR count). The van der Waals surface area contributed by atoms with Gasteiger partial charge in [0.2, 0.25) is 10.0 Å². The zero-order chi connectivity index (χ0) is 24.1. The Hall–Kier alpha value is -2.95. The molecule has 0 radical (unpaired) electrons. The van der Waals surface area contributed by atoms with E-state index in [1.165, 1.54) is 16.4 Å². The number of hydrogen-bond acceptors (Lipinski definition) is 6. The fourth-order valence-electron chi connectivity index (χ4n) is 4.10. The van der Waals surface area contributed by atoms with E-state index in [0.29, 0.717) is 38.4 Å². The molecule has 2 heterocycles. The molecule has 1 fully saturated rings. The van der Waals surface area contributed by atoms with E-state index in [1.807, 2.05) is 31.2 Å². The Kier molecular flexibility index (Phi) is 7.50. The van der Waals surface area contributed by atoms with Gasteiger partial charge >= 0.3 is 11.7 Å². The van der Waals surface area contributed by atoms with Crippen molar-refractivity contribution in [2.75, 3.05) is 26.3 Å². The molecule has 0 N–H and O–H groups in total. The number of carbonyl (C=O) groups excluding carboxylic acids is 1. The van der Waals surface area contributed by atoms with Crippen molar-refractivity contribution < 1.29 is 22.7 Å². The van der Waals surface area contributed by atoms with Crippen LogP contribution in [-0.2, 0) is 44.0 Å². The number of benzene rings is 2. The second kappa shape index (κ2) is 10.5. The van der Waals surface area contributed by atoms with Gasteiger partial charge < -0.3 is 9.47 Å². The first-order chi connectivity index (χ1) is 16.4. The van der Waals surface area contributed by atoms with E-state index in [4.69, 9.17) is 9.47 Å². The number of fused-ring (bicyclic) bond motifs is 1. The quantitative estimate of drug-likeness (QED) is 0.430. The molecule has 0 amide bonds. The molecular weight excluding hydrogens is 458 g/mol. The monoisotopic (exact) mass is 487 g/mol. The van der Waals surface area contributed by atoms with Crippen LogP contribution in [0.1, 0.15) is 25.3 Å². The zero-order valence-electron chi connectivity index (χ0n) is 19.2. The van der Waals surface area contributed by atoms with Gasteiger partial charge in [0.25, 0.3) is 0 Å². The number of sulfonamides is 1. The van der Waals surface area contributed by atoms with Gasteiger partial charge in [0.05, 0.1) is 35.6 Å². The standard InChI is InChI=1S/C24H29N3O6S/c1-2-11-26-21-8-3-4-9-22(21)27(24(26)29)12-10-23(28)33-18-19-6-5-7-20(17-19)34(30,31)25-13-15-32-16-14-25/h3-9,17H,2,10-16,18H2,1H3. The number of hydrogen-bond donors (Lipinski definition) is 0. The molecule has 2 aromatic carbocycles. The summed E-state index contributed by atoms with van der Waals surface area (Å²) < 4.78 is 41.0. The van der Waals surface area contributed by atoms with Crippen molar-refractivity contribution in [1.29, 1.82) is 0 Å². The SMILES string of the molecule is CCCn1c(=O)n(CCC(=O)OCc2cccc(S(=O)(=O)N3CCOCC3)c2)c2ccccc21. The first-order valence-corrected chi connectivity index (χ1v) is 12.9. The van der Waals surface area contributed by atoms with Crippen LogP contribution < -0.4 is 5.69 Å². The van der Waals surface area contributed by atoms with E-state index < -0.39 is 16.0 Å². The Bertz CT molecular complexity index is 1320. The van der Waals surface area contributed by atoms with Crippen LogP contribution in [0, 0.1) is 0 Å². The third kappa shape index (κ3) is 5.08. The highest BCUT2D eigenvalue weighted by molar-refractivity contribution is 7.89. The molecular formula is C24H29N3O6S. The van der Waals surface area contributed by atoms with E-state index in [2.05, 4.69) is 0 Å². The number of aromatic nitrogens is 2. The van der Waals surface area contributed by atoms with Crippen LogP contribution in [0.15, 0.2) is 58.2 Å². The summed E-state index contributed by atoms with van der Waals surface area (Å²) in [4.78, 5) is 25.4. The predicted molar refractivity (Wildman–Crippen MR) is 127 cm³/mol. The van der Waals surface area contributed by atoms with Gasteiger partial charge in [-0.25, -0.2) is 13.2 Å². The molecule has 182 valence electrons. The maximum absolute atomic E-state index is 12.9. The minimum atomic E-state index is -3.62. The maximum Gasteiger partial charge on any atom is 0.329 e. The van der Waals surface area contributed by atoms with E-state index in [9.17, 15) is 18.0 Å². The highest BCUT2D eigenvalue weighted by Gasteiger charge is 2.26. The van der Waals surface area contributed by atoms with Gasteiger partial charge in [0.1, 0.15) is 6.61 Å². The smallest absolute Gasteiger partial charge is 0.329 e. The molecule has 34 heavy (non-hydrogen) atoms. The van der Waals surface area contributed by atoms with Crippen molar-refractivity contribution in [2.24, 2.45) is 0 Å². The predicted octanol–water partition coefficient (Wildman–Crippen LogP) is 2.37. The number of imidazole rings is 1. The summed E-state index contributed by atoms with van der Waals surface area (Å²) in [7, 11) is -3.62. The van der Waals surface area contributed by atoms with E-state index >= 15 is 0 Å². The molecule has 0 aliphatic carbocycles. The maximum atomic E-state index is 12.9. The van der Waals surface area contributed by atoms with Crippen LogP contribution in [0.4, 0.5) is 0 Å². The number of carbonyl (C=O) groups is 1. The van der Waals surface area contributed by atoms with E-state index in [0.717, 1.165) is 17.5 Å². The Morgan fingerprint density at radius 1 is 1.00 bits per heavy atom. The first-order valence-electron chi connectivity index (χ1n) is 11.4. The lowest BCUT2D eigenvalue weighted by Crippen LogP contribution is -2.40. The van der Waals surface area contributed by atoms with Gasteiger partial charge in [-0.15, -0.1) is 0 Å². The zero-order valence-corrected chi connectivity index (χ0v) is 20.0. The molecule has 1 saturated heterocycles. The molecule has 0 saturated carbocycles. The topological polar surface area (TPSA) is 99.8 Å². The lowest BCUT2D eigenvalue weighted by atomic mass is 10.2. The second-order valence-corrected chi connectivity index (χ2v) is 10.1. The number of rotatable bonds is 9. The highest BCUT2D eigenvalue weighted by Crippen LogP contribution is 2.19. The number of aryl methyl sites for hydroxylation is 2. The van der Waals surface area contributed by atoms with Crippen molar-refractivity contribution in [3.63, 3.8) is 0 Å². The van der Waals surface area contributed by atoms with Crippen LogP contribution >= 0.6 is 0 Å². The van der Waals surface area contributed by atoms with Gasteiger partial charge in [0.15, 0.2) is 0 Å². The molecule has 1 aromatic heterocycles. The van der Waals surface area contributed by atoms with Crippen molar-refractivity contribution in [3.8, 4) is 0 Å². The summed E-state index contributed by atoms with van der Waals surface area (Å²) >= 11 is 0. The number of morpholine rings is 1. The van der Waals surface area contributed by atoms with Crippen LogP contribution in [0.2, 0.25) is 0 Å². The van der Waals surface area contributed by atoms with E-state index in [-0.39, 0.29) is 30.2 Å². The van der Waals surface area contributed by atoms with Crippen LogP contribution in [0.3, 0.4) is 0 Å². The third-order valence-corrected chi connectivity index (χ3v) is 7.71. The van der Waals surface area contributed by atoms with Crippen LogP contribution in [0.5, 0.6) is 0 Å². The van der Waals surface area contributed by atoms with Crippen molar-refractivity contribution in [3.05, 3.63) is 64.6 Å². The van der Waals surface area contributed by atoms with Crippen molar-refractivity contribution >= 4 is 27.0 Å². The number of nitrogens with zero attached hydrogens (tertiary/aromatic N) is 3. The molecule has 0 unspecified atom stereocenters. The minimum absolute atomic E-state index is 0.0335. The highest BCUT2D eigenvalue weighted by atomic mass is 32.2. The molecule has 0 atom stereocenters. The average molecular weight is 488 g/mol. The molecule has 0 spiro atoms. The summed E-state index contributed by atoms with van der Waals surface area (Å²) in [6, 6.07) is 13.9. The average Bonchev–Trinajstić information content (AvgIpc) is 3.13. The van der Waals surface area contributed by atoms with Crippen LogP contribution in [-0.4, -0.2) is 54.1 Å². The number of para-hydroxylation sites is 2. The van der Waals surface area contributed by atoms with Gasteiger partial charge in [-0.2, -0.15) is 4.31 Å². The summed E-state index contributed by atoms with van der Waals surface area (Å²) in [5.74, 6) is -0.458. The fourth-order valence-corrected chi connectivity index (χ4v) is 5.58. The summed E-state index contributed by atoms with van der Waals surface area (Å²) in [6.07, 6.45) is 0.863. The number of ether oxygens (including phenoxy) is 2. The molecule has 1 aliphatic heterocycles. The summed E-state index contributed by atoms with van der Waals surface area (Å²) in [5, 5.41) is 0. The fraction of sp³-hybridized carbons (Fsp3) is 0.417. The van der Waals surface area contributed by atoms with Crippen molar-refractivity contribution in [1.82, 2.24) is 13.4 Å². The third-order valence-electron chi connectivity index (χ3n) is 5.82. The Balaban J connectivity index is 1.40. The second-order valence-electron chi connectivity index (χ2n) is 8.15. The minimum Gasteiger partial charge on any atom is -0.461 e. The Morgan fingerprint density at radius 3 is 2.35 bits per heavy atom. The van der Waals surface area contributed by atoms with E-state index in [1.54, 1.807) is 21.3 Å². The normalized spacial score (nSPS) is 15.0. The van der Waals surface area contributed by atoms with Gasteiger partial charge in [-0.1, -0.05) is 31.2 Å². The first kappa shape index (κ1) is 24.2. The lowest BCUT2D eigenvalue weighted by Gasteiger charge is -2.26. The number of esters is 1. The van der Waals surface area contributed by atoms with Gasteiger partial charge in [-0.3, -0.25) is 13.9 Å². The molecule has 9 nitrogen and oxygen atoms in total. The molecule has 0 bridgehead atoms. The van der Waals surface area contributed by atoms with Crippen LogP contribution in [0.25, 0.3) is 11.0 Å². The Labute approximate surface area is 198 Å². The van der Waals surface area contributed by atoms with Gasteiger partial charge in [0, 0.05) is 26.2 Å². The molecule has 1 aliphatic rings. The summed E-state index contributed by atoms with van der Waals surface area (Å²) in [6.45, 7) is 4.16.